The van der Waals surface area contributed by atoms with Crippen LogP contribution in [-0.4, -0.2) is 37.2 Å². The Kier molecular flexibility index (Phi) is 6.55. The van der Waals surface area contributed by atoms with Crippen molar-refractivity contribution in [2.24, 2.45) is 0 Å². The lowest BCUT2D eigenvalue weighted by molar-refractivity contribution is -0.113. The van der Waals surface area contributed by atoms with Crippen LogP contribution in [0.3, 0.4) is 0 Å². The average molecular weight is 370 g/mol. The molecule has 0 saturated carbocycles. The van der Waals surface area contributed by atoms with Crippen molar-refractivity contribution < 1.29 is 4.79 Å². The summed E-state index contributed by atoms with van der Waals surface area (Å²) in [6, 6.07) is 0. The molecule has 6 nitrogen and oxygen atoms in total. The zero-order chi connectivity index (χ0) is 16.8. The van der Waals surface area contributed by atoms with Crippen molar-refractivity contribution in [3.63, 3.8) is 0 Å². The van der Waals surface area contributed by atoms with E-state index in [1.807, 2.05) is 11.5 Å². The Bertz CT molecular complexity index is 746. The van der Waals surface area contributed by atoms with Crippen LogP contribution in [0, 0.1) is 11.7 Å². The van der Waals surface area contributed by atoms with Crippen LogP contribution in [0.4, 0.5) is 5.13 Å². The number of anilines is 1. The average Bonchev–Trinajstić information content (AvgIpc) is 3.03. The van der Waals surface area contributed by atoms with E-state index in [4.69, 9.17) is 12.2 Å². The molecule has 124 valence electrons. The first-order valence-corrected chi connectivity index (χ1v) is 9.56. The van der Waals surface area contributed by atoms with E-state index in [0.717, 1.165) is 22.7 Å². The topological polar surface area (TPSA) is 75.6 Å². The Hall–Kier alpha value is -1.45. The highest BCUT2D eigenvalue weighted by atomic mass is 32.2. The fourth-order valence-electron chi connectivity index (χ4n) is 1.91. The van der Waals surface area contributed by atoms with Crippen molar-refractivity contribution in [3.8, 4) is 10.7 Å². The lowest BCUT2D eigenvalue weighted by Gasteiger charge is -2.01. The fourth-order valence-corrected chi connectivity index (χ4v) is 3.79. The molecule has 0 bridgehead atoms. The number of nitrogens with one attached hydrogen (secondary N) is 2. The number of carbonyl (C=O) groups excluding carboxylic acids is 1. The van der Waals surface area contributed by atoms with E-state index in [1.54, 1.807) is 17.8 Å². The van der Waals surface area contributed by atoms with Gasteiger partial charge in [-0.05, 0) is 31.3 Å². The number of hydrogen-bond donors (Lipinski definition) is 2. The minimum Gasteiger partial charge on any atom is -0.301 e. The molecule has 0 aliphatic heterocycles. The molecule has 9 heteroatoms. The second-order valence-electron chi connectivity index (χ2n) is 4.79. The normalized spacial score (nSPS) is 10.7. The molecule has 23 heavy (non-hydrogen) atoms. The Morgan fingerprint density at radius 1 is 1.61 bits per heavy atom. The molecular weight excluding hydrogens is 350 g/mol. The number of nitrogens with zero attached hydrogens (tertiary/aromatic N) is 3. The van der Waals surface area contributed by atoms with Gasteiger partial charge in [-0.15, -0.1) is 6.58 Å². The van der Waals surface area contributed by atoms with Gasteiger partial charge in [-0.25, -0.2) is 4.98 Å². The number of allylic oxidation sites excluding steroid dienone is 1. The van der Waals surface area contributed by atoms with Gasteiger partial charge in [0.15, 0.2) is 15.7 Å². The zero-order valence-corrected chi connectivity index (χ0v) is 15.5. The maximum Gasteiger partial charge on any atom is 0.236 e. The summed E-state index contributed by atoms with van der Waals surface area (Å²) in [6.45, 7) is 8.29. The predicted octanol–water partition coefficient (Wildman–Crippen LogP) is 3.64. The van der Waals surface area contributed by atoms with E-state index in [0.29, 0.717) is 28.0 Å². The minimum absolute atomic E-state index is 0.0336. The summed E-state index contributed by atoms with van der Waals surface area (Å²) in [5.74, 6) is 2.10. The van der Waals surface area contributed by atoms with Crippen LogP contribution in [0.5, 0.6) is 0 Å². The first kappa shape index (κ1) is 17.9. The van der Waals surface area contributed by atoms with Crippen molar-refractivity contribution in [1.82, 2.24) is 19.7 Å². The van der Waals surface area contributed by atoms with E-state index in [1.165, 1.54) is 11.3 Å². The SMILES string of the molecule is C=CCn1c(-c2sc(NC(=O)CSCCC)nc2C)n[nH]c1=S. The molecule has 0 aliphatic carbocycles. The third-order valence-electron chi connectivity index (χ3n) is 2.90. The molecule has 0 aromatic carbocycles. The lowest BCUT2D eigenvalue weighted by atomic mass is 10.4. The number of thioether (sulfide) groups is 1. The summed E-state index contributed by atoms with van der Waals surface area (Å²) in [5.41, 5.74) is 0.811. The molecule has 2 rings (SSSR count). The Morgan fingerprint density at radius 3 is 3.09 bits per heavy atom. The highest BCUT2D eigenvalue weighted by Crippen LogP contribution is 2.31. The van der Waals surface area contributed by atoms with Gasteiger partial charge >= 0.3 is 0 Å². The highest BCUT2D eigenvalue weighted by molar-refractivity contribution is 7.99. The van der Waals surface area contributed by atoms with Crippen LogP contribution in [0.1, 0.15) is 19.0 Å². The quantitative estimate of drug-likeness (QED) is 0.422. The molecule has 0 spiro atoms. The van der Waals surface area contributed by atoms with Gasteiger partial charge in [-0.2, -0.15) is 16.9 Å². The Morgan fingerprint density at radius 2 is 2.39 bits per heavy atom. The van der Waals surface area contributed by atoms with Gasteiger partial charge in [0, 0.05) is 6.54 Å². The number of aryl methyl sites for hydroxylation is 1. The molecule has 2 heterocycles. The summed E-state index contributed by atoms with van der Waals surface area (Å²) < 4.78 is 2.39. The number of H-pyrrole nitrogens is 1. The fraction of sp³-hybridized carbons (Fsp3) is 0.429. The molecule has 2 aromatic heterocycles. The maximum atomic E-state index is 11.9. The van der Waals surface area contributed by atoms with Gasteiger partial charge in [0.05, 0.1) is 16.3 Å². The molecule has 2 N–H and O–H groups in total. The van der Waals surface area contributed by atoms with E-state index < -0.39 is 0 Å². The first-order chi connectivity index (χ1) is 11.1. The minimum atomic E-state index is -0.0336. The van der Waals surface area contributed by atoms with Gasteiger partial charge in [0.1, 0.15) is 0 Å². The molecule has 1 amide bonds. The number of rotatable bonds is 8. The second kappa shape index (κ2) is 8.42. The largest absolute Gasteiger partial charge is 0.301 e. The van der Waals surface area contributed by atoms with Crippen molar-refractivity contribution in [2.75, 3.05) is 16.8 Å². The third-order valence-corrected chi connectivity index (χ3v) is 5.44. The van der Waals surface area contributed by atoms with Crippen LogP contribution >= 0.6 is 35.3 Å². The predicted molar refractivity (Wildman–Crippen MR) is 99.7 cm³/mol. The first-order valence-electron chi connectivity index (χ1n) is 7.18. The smallest absolute Gasteiger partial charge is 0.236 e. The number of aromatic nitrogens is 4. The molecule has 0 aliphatic rings. The Labute approximate surface area is 148 Å². The third kappa shape index (κ3) is 4.52. The van der Waals surface area contributed by atoms with E-state index in [-0.39, 0.29) is 5.91 Å². The molecular formula is C14H19N5OS3. The molecule has 0 fully saturated rings. The second-order valence-corrected chi connectivity index (χ2v) is 7.28. The number of amides is 1. The highest BCUT2D eigenvalue weighted by Gasteiger charge is 2.17. The van der Waals surface area contributed by atoms with Crippen molar-refractivity contribution >= 4 is 46.4 Å². The number of hydrogen-bond acceptors (Lipinski definition) is 6. The van der Waals surface area contributed by atoms with Crippen molar-refractivity contribution in [2.45, 2.75) is 26.8 Å². The monoisotopic (exact) mass is 369 g/mol. The zero-order valence-electron chi connectivity index (χ0n) is 13.1. The van der Waals surface area contributed by atoms with Crippen molar-refractivity contribution in [3.05, 3.63) is 23.1 Å². The van der Waals surface area contributed by atoms with E-state index in [2.05, 4.69) is 34.0 Å². The molecule has 0 unspecified atom stereocenters. The van der Waals surface area contributed by atoms with Crippen LogP contribution in [-0.2, 0) is 11.3 Å². The van der Waals surface area contributed by atoms with E-state index >= 15 is 0 Å². The van der Waals surface area contributed by atoms with Gasteiger partial charge < -0.3 is 5.32 Å². The number of thiazole rings is 1. The van der Waals surface area contributed by atoms with Crippen molar-refractivity contribution in [1.29, 1.82) is 0 Å². The standard InChI is InChI=1S/C14H19N5OS3/c1-4-6-19-12(17-18-14(19)21)11-9(3)15-13(23-11)16-10(20)8-22-7-5-2/h4H,1,5-8H2,2-3H3,(H,18,21)(H,15,16,20). The summed E-state index contributed by atoms with van der Waals surface area (Å²) in [6.07, 6.45) is 2.82. The molecule has 0 saturated heterocycles. The summed E-state index contributed by atoms with van der Waals surface area (Å²) in [5, 5.41) is 10.5. The van der Waals surface area contributed by atoms with Crippen LogP contribution < -0.4 is 5.32 Å². The van der Waals surface area contributed by atoms with Crippen LogP contribution in [0.15, 0.2) is 12.7 Å². The summed E-state index contributed by atoms with van der Waals surface area (Å²) >= 11 is 8.24. The van der Waals surface area contributed by atoms with Gasteiger partial charge in [0.2, 0.25) is 5.91 Å². The summed E-state index contributed by atoms with van der Waals surface area (Å²) in [7, 11) is 0. The van der Waals surface area contributed by atoms with E-state index in [9.17, 15) is 4.79 Å². The number of carbonyl (C=O) groups is 1. The molecule has 0 radical (unpaired) electrons. The van der Waals surface area contributed by atoms with Crippen LogP contribution in [0.25, 0.3) is 10.7 Å². The Balaban J connectivity index is 2.17. The van der Waals surface area contributed by atoms with Gasteiger partial charge in [-0.3, -0.25) is 14.5 Å². The van der Waals surface area contributed by atoms with Crippen LogP contribution in [0.2, 0.25) is 0 Å². The maximum absolute atomic E-state index is 11.9. The van der Waals surface area contributed by atoms with Gasteiger partial charge in [0.25, 0.3) is 0 Å². The molecule has 2 aromatic rings. The lowest BCUT2D eigenvalue weighted by Crippen LogP contribution is -2.14. The summed E-state index contributed by atoms with van der Waals surface area (Å²) in [4.78, 5) is 17.2. The van der Waals surface area contributed by atoms with Gasteiger partial charge in [-0.1, -0.05) is 24.3 Å². The molecule has 0 atom stereocenters. The number of aromatic amines is 1.